The maximum absolute atomic E-state index is 11.5. The lowest BCUT2D eigenvalue weighted by Gasteiger charge is -2.29. The molecule has 1 aromatic heterocycles. The molecule has 1 fully saturated rings. The van der Waals surface area contributed by atoms with Gasteiger partial charge in [0.2, 0.25) is 0 Å². The number of aromatic nitrogens is 2. The van der Waals surface area contributed by atoms with Crippen molar-refractivity contribution in [2.75, 3.05) is 24.5 Å². The summed E-state index contributed by atoms with van der Waals surface area (Å²) in [6.45, 7) is 7.02. The van der Waals surface area contributed by atoms with E-state index in [0.717, 1.165) is 26.1 Å². The van der Waals surface area contributed by atoms with Crippen molar-refractivity contribution in [2.45, 2.75) is 32.7 Å². The molecule has 1 aromatic rings. The minimum absolute atomic E-state index is 0.256. The first kappa shape index (κ1) is 14.7. The first-order chi connectivity index (χ1) is 9.58. The zero-order valence-corrected chi connectivity index (χ0v) is 12.2. The fourth-order valence-electron chi connectivity index (χ4n) is 2.60. The molecule has 2 heterocycles. The molecule has 1 saturated heterocycles. The van der Waals surface area contributed by atoms with E-state index >= 15 is 0 Å². The summed E-state index contributed by atoms with van der Waals surface area (Å²) in [4.78, 5) is 22.1. The van der Waals surface area contributed by atoms with Crippen molar-refractivity contribution < 1.29 is 4.79 Å². The van der Waals surface area contributed by atoms with Gasteiger partial charge in [-0.2, -0.15) is 0 Å². The van der Waals surface area contributed by atoms with Crippen molar-refractivity contribution in [3.8, 4) is 0 Å². The van der Waals surface area contributed by atoms with Crippen LogP contribution in [0.2, 0.25) is 0 Å². The number of carbonyl (C=O) groups is 1. The molecule has 1 aliphatic heterocycles. The monoisotopic (exact) mass is 277 g/mol. The Labute approximate surface area is 119 Å². The lowest BCUT2D eigenvalue weighted by molar-refractivity contribution is 0.0995. The smallest absolute Gasteiger partial charge is 0.271 e. The minimum Gasteiger partial charge on any atom is -0.364 e. The quantitative estimate of drug-likeness (QED) is 0.803. The molecule has 20 heavy (non-hydrogen) atoms. The maximum Gasteiger partial charge on any atom is 0.271 e. The molecule has 0 bridgehead atoms. The third kappa shape index (κ3) is 3.66. The number of nitrogens with two attached hydrogens (primary N) is 1. The molecule has 6 heteroatoms. The van der Waals surface area contributed by atoms with Crippen LogP contribution < -0.4 is 16.0 Å². The van der Waals surface area contributed by atoms with Gasteiger partial charge >= 0.3 is 0 Å². The molecule has 6 nitrogen and oxygen atoms in total. The SMILES string of the molecule is CC(C)CN(CC1CCCN1)c1nccnc1C(N)=O. The van der Waals surface area contributed by atoms with E-state index in [1.54, 1.807) is 6.20 Å². The van der Waals surface area contributed by atoms with Gasteiger partial charge in [0, 0.05) is 31.5 Å². The number of nitrogens with one attached hydrogen (secondary N) is 1. The normalized spacial score (nSPS) is 18.4. The zero-order valence-electron chi connectivity index (χ0n) is 12.2. The Bertz CT molecular complexity index is 457. The topological polar surface area (TPSA) is 84.1 Å². The Hall–Kier alpha value is -1.69. The molecular formula is C14H23N5O. The van der Waals surface area contributed by atoms with Crippen LogP contribution in [0.25, 0.3) is 0 Å². The molecule has 110 valence electrons. The average Bonchev–Trinajstić information content (AvgIpc) is 2.90. The number of rotatable bonds is 6. The fourth-order valence-corrected chi connectivity index (χ4v) is 2.60. The van der Waals surface area contributed by atoms with Gasteiger partial charge in [-0.05, 0) is 25.3 Å². The second-order valence-electron chi connectivity index (χ2n) is 5.68. The van der Waals surface area contributed by atoms with Gasteiger partial charge in [-0.15, -0.1) is 0 Å². The minimum atomic E-state index is -0.527. The van der Waals surface area contributed by atoms with Gasteiger partial charge in [0.1, 0.15) is 0 Å². The molecule has 0 radical (unpaired) electrons. The third-order valence-electron chi connectivity index (χ3n) is 3.40. The highest BCUT2D eigenvalue weighted by Gasteiger charge is 2.23. The van der Waals surface area contributed by atoms with Crippen LogP contribution in [0.3, 0.4) is 0 Å². The Balaban J connectivity index is 2.22. The van der Waals surface area contributed by atoms with Crippen LogP contribution in [0.15, 0.2) is 12.4 Å². The third-order valence-corrected chi connectivity index (χ3v) is 3.40. The van der Waals surface area contributed by atoms with E-state index in [4.69, 9.17) is 5.73 Å². The van der Waals surface area contributed by atoms with Gasteiger partial charge in [-0.1, -0.05) is 13.8 Å². The lowest BCUT2D eigenvalue weighted by atomic mass is 10.1. The predicted molar refractivity (Wildman–Crippen MR) is 78.6 cm³/mol. The Kier molecular flexibility index (Phi) is 4.89. The summed E-state index contributed by atoms with van der Waals surface area (Å²) in [6, 6.07) is 0.441. The molecule has 3 N–H and O–H groups in total. The summed E-state index contributed by atoms with van der Waals surface area (Å²) in [7, 11) is 0. The van der Waals surface area contributed by atoms with E-state index in [9.17, 15) is 4.79 Å². The molecule has 1 aliphatic rings. The van der Waals surface area contributed by atoms with Crippen LogP contribution in [0.4, 0.5) is 5.82 Å². The number of anilines is 1. The van der Waals surface area contributed by atoms with Gasteiger partial charge in [0.05, 0.1) is 0 Å². The molecule has 0 spiro atoms. The number of hydrogen-bond acceptors (Lipinski definition) is 5. The zero-order chi connectivity index (χ0) is 14.5. The van der Waals surface area contributed by atoms with Crippen LogP contribution in [0.1, 0.15) is 37.2 Å². The first-order valence-corrected chi connectivity index (χ1v) is 7.17. The molecular weight excluding hydrogens is 254 g/mol. The van der Waals surface area contributed by atoms with Crippen molar-refractivity contribution in [1.82, 2.24) is 15.3 Å². The summed E-state index contributed by atoms with van der Waals surface area (Å²) < 4.78 is 0. The summed E-state index contributed by atoms with van der Waals surface area (Å²) in [5.41, 5.74) is 5.66. The van der Waals surface area contributed by atoms with Crippen molar-refractivity contribution >= 4 is 11.7 Å². The van der Waals surface area contributed by atoms with Crippen molar-refractivity contribution in [3.63, 3.8) is 0 Å². The van der Waals surface area contributed by atoms with Gasteiger partial charge in [-0.3, -0.25) is 4.79 Å². The summed E-state index contributed by atoms with van der Waals surface area (Å²) >= 11 is 0. The van der Waals surface area contributed by atoms with E-state index in [2.05, 4.69) is 34.0 Å². The molecule has 0 saturated carbocycles. The van der Waals surface area contributed by atoms with Crippen LogP contribution in [0, 0.1) is 5.92 Å². The fraction of sp³-hybridized carbons (Fsp3) is 0.643. The Morgan fingerprint density at radius 2 is 2.25 bits per heavy atom. The number of nitrogens with zero attached hydrogens (tertiary/aromatic N) is 3. The number of primary amides is 1. The molecule has 1 atom stereocenters. The van der Waals surface area contributed by atoms with Crippen LogP contribution >= 0.6 is 0 Å². The van der Waals surface area contributed by atoms with Crippen LogP contribution in [-0.2, 0) is 0 Å². The highest BCUT2D eigenvalue weighted by atomic mass is 16.1. The van der Waals surface area contributed by atoms with Crippen molar-refractivity contribution in [2.24, 2.45) is 11.7 Å². The van der Waals surface area contributed by atoms with E-state index in [1.165, 1.54) is 12.6 Å². The van der Waals surface area contributed by atoms with Crippen LogP contribution in [0.5, 0.6) is 0 Å². The molecule has 1 amide bonds. The summed E-state index contributed by atoms with van der Waals surface area (Å²) in [6.07, 6.45) is 5.46. The highest BCUT2D eigenvalue weighted by molar-refractivity contribution is 5.95. The van der Waals surface area contributed by atoms with Gasteiger partial charge in [0.15, 0.2) is 11.5 Å². The second-order valence-corrected chi connectivity index (χ2v) is 5.68. The lowest BCUT2D eigenvalue weighted by Crippen LogP contribution is -2.41. The van der Waals surface area contributed by atoms with Crippen molar-refractivity contribution in [3.05, 3.63) is 18.1 Å². The summed E-state index contributed by atoms with van der Waals surface area (Å²) in [5, 5.41) is 3.47. The van der Waals surface area contributed by atoms with Gasteiger partial charge in [-0.25, -0.2) is 9.97 Å². The number of carbonyl (C=O) groups excluding carboxylic acids is 1. The number of hydrogen-bond donors (Lipinski definition) is 2. The van der Waals surface area contributed by atoms with E-state index in [1.807, 2.05) is 0 Å². The van der Waals surface area contributed by atoms with E-state index < -0.39 is 5.91 Å². The largest absolute Gasteiger partial charge is 0.364 e. The predicted octanol–water partition coefficient (Wildman–Crippen LogP) is 0.790. The van der Waals surface area contributed by atoms with Crippen molar-refractivity contribution in [1.29, 1.82) is 0 Å². The molecule has 2 rings (SSSR count). The van der Waals surface area contributed by atoms with Gasteiger partial charge < -0.3 is 16.0 Å². The Morgan fingerprint density at radius 1 is 1.50 bits per heavy atom. The highest BCUT2D eigenvalue weighted by Crippen LogP contribution is 2.18. The van der Waals surface area contributed by atoms with Gasteiger partial charge in [0.25, 0.3) is 5.91 Å². The summed E-state index contributed by atoms with van der Waals surface area (Å²) in [5.74, 6) is 0.544. The van der Waals surface area contributed by atoms with Crippen LogP contribution in [-0.4, -0.2) is 41.6 Å². The molecule has 1 unspecified atom stereocenters. The maximum atomic E-state index is 11.5. The van der Waals surface area contributed by atoms with E-state index in [0.29, 0.717) is 17.8 Å². The standard InChI is InChI=1S/C14H23N5O/c1-10(2)8-19(9-11-4-3-5-16-11)14-12(13(15)20)17-6-7-18-14/h6-7,10-11,16H,3-5,8-9H2,1-2H3,(H2,15,20). The van der Waals surface area contributed by atoms with E-state index in [-0.39, 0.29) is 5.69 Å². The number of amides is 1. The molecule has 0 aliphatic carbocycles. The second kappa shape index (κ2) is 6.65. The Morgan fingerprint density at radius 3 is 2.85 bits per heavy atom. The first-order valence-electron chi connectivity index (χ1n) is 7.17. The molecule has 0 aromatic carbocycles. The average molecular weight is 277 g/mol.